The van der Waals surface area contributed by atoms with Gasteiger partial charge in [0.25, 0.3) is 5.56 Å². The van der Waals surface area contributed by atoms with E-state index in [4.69, 9.17) is 14.5 Å². The van der Waals surface area contributed by atoms with Crippen LogP contribution in [0.2, 0.25) is 0 Å². The highest BCUT2D eigenvalue weighted by atomic mass is 32.2. The maximum absolute atomic E-state index is 13.2. The third-order valence-electron chi connectivity index (χ3n) is 5.00. The first-order valence-corrected chi connectivity index (χ1v) is 12.2. The molecular formula is C25H23N3O4S2. The molecule has 4 rings (SSSR count). The number of benzene rings is 2. The van der Waals surface area contributed by atoms with E-state index in [9.17, 15) is 9.59 Å². The fraction of sp³-hybridized carbons (Fsp3) is 0.160. The quantitative estimate of drug-likeness (QED) is 0.199. The molecule has 0 unspecified atom stereocenters. The molecule has 0 aliphatic heterocycles. The minimum absolute atomic E-state index is 0.0706. The predicted molar refractivity (Wildman–Crippen MR) is 138 cm³/mol. The molecule has 7 nitrogen and oxygen atoms in total. The van der Waals surface area contributed by atoms with Gasteiger partial charge in [0.05, 0.1) is 31.0 Å². The van der Waals surface area contributed by atoms with Gasteiger partial charge in [-0.15, -0.1) is 17.9 Å². The average Bonchev–Trinajstić information content (AvgIpc) is 3.30. The fourth-order valence-electron chi connectivity index (χ4n) is 3.36. The number of fused-ring (bicyclic) bond motifs is 1. The number of methoxy groups -OCH3 is 2. The standard InChI is InChI=1S/C25H23N3O4S2/c1-4-12-28-24(30)18-14-21(16-8-6-5-7-9-16)34-23(18)27-25(28)33-15-22(29)26-19-11-10-17(31-2)13-20(19)32-3/h4-11,13-14H,1,12,15H2,2-3H3,(H,26,29). The van der Waals surface area contributed by atoms with Gasteiger partial charge in [0.1, 0.15) is 16.3 Å². The van der Waals surface area contributed by atoms with Crippen molar-refractivity contribution in [1.82, 2.24) is 9.55 Å². The monoisotopic (exact) mass is 493 g/mol. The second kappa shape index (κ2) is 10.6. The molecule has 0 saturated carbocycles. The van der Waals surface area contributed by atoms with Gasteiger partial charge in [-0.05, 0) is 23.8 Å². The number of ether oxygens (including phenoxy) is 2. The number of allylic oxidation sites excluding steroid dienone is 1. The van der Waals surface area contributed by atoms with Crippen LogP contribution in [-0.4, -0.2) is 35.4 Å². The molecule has 34 heavy (non-hydrogen) atoms. The molecule has 0 spiro atoms. The Morgan fingerprint density at radius 1 is 1.18 bits per heavy atom. The summed E-state index contributed by atoms with van der Waals surface area (Å²) in [6.07, 6.45) is 1.64. The number of thiophene rings is 1. The molecule has 0 aliphatic carbocycles. The van der Waals surface area contributed by atoms with Gasteiger partial charge in [-0.1, -0.05) is 48.2 Å². The molecule has 2 aromatic carbocycles. The number of amides is 1. The molecule has 9 heteroatoms. The van der Waals surface area contributed by atoms with Gasteiger partial charge in [0.2, 0.25) is 5.91 Å². The summed E-state index contributed by atoms with van der Waals surface area (Å²) < 4.78 is 12.1. The number of thioether (sulfide) groups is 1. The van der Waals surface area contributed by atoms with Crippen LogP contribution >= 0.6 is 23.1 Å². The molecule has 0 saturated heterocycles. The molecule has 0 fully saturated rings. The maximum atomic E-state index is 13.2. The fourth-order valence-corrected chi connectivity index (χ4v) is 5.25. The normalized spacial score (nSPS) is 10.8. The van der Waals surface area contributed by atoms with Crippen molar-refractivity contribution in [3.8, 4) is 21.9 Å². The Balaban J connectivity index is 1.58. The van der Waals surface area contributed by atoms with Gasteiger partial charge < -0.3 is 14.8 Å². The summed E-state index contributed by atoms with van der Waals surface area (Å²) in [4.78, 5) is 32.2. The third-order valence-corrected chi connectivity index (χ3v) is 7.06. The molecule has 0 atom stereocenters. The summed E-state index contributed by atoms with van der Waals surface area (Å²) >= 11 is 2.66. The Bertz CT molecular complexity index is 1400. The Kier molecular flexibility index (Phi) is 7.34. The van der Waals surface area contributed by atoms with Gasteiger partial charge >= 0.3 is 0 Å². The van der Waals surface area contributed by atoms with Crippen LogP contribution < -0.4 is 20.3 Å². The Labute approximate surface area is 205 Å². The van der Waals surface area contributed by atoms with Crippen molar-refractivity contribution < 1.29 is 14.3 Å². The summed E-state index contributed by atoms with van der Waals surface area (Å²) in [5.74, 6) is 0.944. The number of hydrogen-bond acceptors (Lipinski definition) is 7. The van der Waals surface area contributed by atoms with Crippen molar-refractivity contribution >= 4 is 44.9 Å². The molecule has 1 N–H and O–H groups in total. The number of carbonyl (C=O) groups is 1. The second-order valence-corrected chi connectivity index (χ2v) is 9.17. The van der Waals surface area contributed by atoms with Gasteiger partial charge in [-0.25, -0.2) is 4.98 Å². The molecule has 2 aromatic heterocycles. The van der Waals surface area contributed by atoms with E-state index in [0.717, 1.165) is 10.4 Å². The van der Waals surface area contributed by atoms with Gasteiger partial charge in [-0.3, -0.25) is 14.2 Å². The number of carbonyl (C=O) groups excluding carboxylic acids is 1. The zero-order chi connectivity index (χ0) is 24.1. The number of nitrogens with zero attached hydrogens (tertiary/aromatic N) is 2. The SMILES string of the molecule is C=CCn1c(SCC(=O)Nc2ccc(OC)cc2OC)nc2sc(-c3ccccc3)cc2c1=O. The van der Waals surface area contributed by atoms with Crippen molar-refractivity contribution in [2.24, 2.45) is 0 Å². The van der Waals surface area contributed by atoms with Crippen molar-refractivity contribution in [3.63, 3.8) is 0 Å². The molecule has 0 bridgehead atoms. The van der Waals surface area contributed by atoms with Crippen molar-refractivity contribution in [2.45, 2.75) is 11.7 Å². The molecule has 0 radical (unpaired) electrons. The van der Waals surface area contributed by atoms with Gasteiger partial charge in [-0.2, -0.15) is 0 Å². The number of rotatable bonds is 9. The predicted octanol–water partition coefficient (Wildman–Crippen LogP) is 5.06. The minimum Gasteiger partial charge on any atom is -0.497 e. The summed E-state index contributed by atoms with van der Waals surface area (Å²) in [6.45, 7) is 4.06. The van der Waals surface area contributed by atoms with Crippen LogP contribution in [0.25, 0.3) is 20.7 Å². The third kappa shape index (κ3) is 5.00. The summed E-state index contributed by atoms with van der Waals surface area (Å²) in [7, 11) is 3.09. The summed E-state index contributed by atoms with van der Waals surface area (Å²) in [5.41, 5.74) is 1.41. The summed E-state index contributed by atoms with van der Waals surface area (Å²) in [5, 5.41) is 3.86. The Morgan fingerprint density at radius 2 is 1.97 bits per heavy atom. The van der Waals surface area contributed by atoms with Crippen molar-refractivity contribution in [1.29, 1.82) is 0 Å². The first-order valence-electron chi connectivity index (χ1n) is 10.4. The van der Waals surface area contributed by atoms with Crippen LogP contribution in [0.5, 0.6) is 11.5 Å². The van der Waals surface area contributed by atoms with Gasteiger partial charge in [0, 0.05) is 17.5 Å². The zero-order valence-corrected chi connectivity index (χ0v) is 20.4. The molecule has 174 valence electrons. The van der Waals surface area contributed by atoms with E-state index < -0.39 is 0 Å². The number of aromatic nitrogens is 2. The number of hydrogen-bond donors (Lipinski definition) is 1. The molecule has 0 aliphatic rings. The lowest BCUT2D eigenvalue weighted by atomic mass is 10.2. The number of nitrogens with one attached hydrogen (secondary N) is 1. The highest BCUT2D eigenvalue weighted by molar-refractivity contribution is 7.99. The van der Waals surface area contributed by atoms with Crippen molar-refractivity contribution in [2.75, 3.05) is 25.3 Å². The smallest absolute Gasteiger partial charge is 0.263 e. The van der Waals surface area contributed by atoms with E-state index in [1.54, 1.807) is 36.0 Å². The van der Waals surface area contributed by atoms with E-state index in [1.807, 2.05) is 36.4 Å². The average molecular weight is 494 g/mol. The lowest BCUT2D eigenvalue weighted by molar-refractivity contribution is -0.113. The zero-order valence-electron chi connectivity index (χ0n) is 18.7. The van der Waals surface area contributed by atoms with Gasteiger partial charge in [0.15, 0.2) is 5.16 Å². The van der Waals surface area contributed by atoms with E-state index in [1.165, 1.54) is 30.2 Å². The molecule has 2 heterocycles. The van der Waals surface area contributed by atoms with Crippen LogP contribution in [-0.2, 0) is 11.3 Å². The molecular weight excluding hydrogens is 470 g/mol. The largest absolute Gasteiger partial charge is 0.497 e. The lowest BCUT2D eigenvalue weighted by Gasteiger charge is -2.12. The van der Waals surface area contributed by atoms with Crippen LogP contribution in [0.1, 0.15) is 0 Å². The van der Waals surface area contributed by atoms with E-state index in [-0.39, 0.29) is 17.2 Å². The highest BCUT2D eigenvalue weighted by Gasteiger charge is 2.16. The Morgan fingerprint density at radius 3 is 2.68 bits per heavy atom. The lowest BCUT2D eigenvalue weighted by Crippen LogP contribution is -2.23. The number of anilines is 1. The van der Waals surface area contributed by atoms with Crippen LogP contribution in [0.3, 0.4) is 0 Å². The highest BCUT2D eigenvalue weighted by Crippen LogP contribution is 2.32. The van der Waals surface area contributed by atoms with Crippen LogP contribution in [0.15, 0.2) is 77.2 Å². The topological polar surface area (TPSA) is 82.5 Å². The first-order chi connectivity index (χ1) is 16.5. The first kappa shape index (κ1) is 23.6. The van der Waals surface area contributed by atoms with E-state index >= 15 is 0 Å². The minimum atomic E-state index is -0.246. The van der Waals surface area contributed by atoms with Crippen LogP contribution in [0.4, 0.5) is 5.69 Å². The van der Waals surface area contributed by atoms with Crippen LogP contribution in [0, 0.1) is 0 Å². The van der Waals surface area contributed by atoms with Crippen molar-refractivity contribution in [3.05, 3.63) is 77.6 Å². The van der Waals surface area contributed by atoms with E-state index in [0.29, 0.717) is 39.1 Å². The Hall–Kier alpha value is -3.56. The van der Waals surface area contributed by atoms with E-state index in [2.05, 4.69) is 11.9 Å². The second-order valence-electron chi connectivity index (χ2n) is 7.20. The summed E-state index contributed by atoms with van der Waals surface area (Å²) in [6, 6.07) is 16.9. The molecule has 1 amide bonds. The maximum Gasteiger partial charge on any atom is 0.263 e. The molecule has 4 aromatic rings.